The van der Waals surface area contributed by atoms with E-state index in [1.807, 2.05) is 50.3 Å². The highest BCUT2D eigenvalue weighted by Gasteiger charge is 2.02. The van der Waals surface area contributed by atoms with Gasteiger partial charge in [-0.2, -0.15) is 0 Å². The quantitative estimate of drug-likeness (QED) is 0.464. The minimum Gasteiger partial charge on any atom is -0.378 e. The topological polar surface area (TPSA) is 37.8 Å². The molecule has 0 aliphatic carbocycles. The molecule has 1 aromatic heterocycles. The monoisotopic (exact) mass is 385 g/mol. The van der Waals surface area contributed by atoms with Crippen LogP contribution in [0.3, 0.4) is 0 Å². The largest absolute Gasteiger partial charge is 0.378 e. The fourth-order valence-electron chi connectivity index (χ4n) is 2.37. The Bertz CT molecular complexity index is 752. The Morgan fingerprint density at radius 1 is 0.857 bits per heavy atom. The highest BCUT2D eigenvalue weighted by molar-refractivity contribution is 5.51. The van der Waals surface area contributed by atoms with Crippen LogP contribution in [0.5, 0.6) is 0 Å². The van der Waals surface area contributed by atoms with Crippen molar-refractivity contribution in [3.8, 4) is 11.8 Å². The molecule has 1 aromatic carbocycles. The second kappa shape index (κ2) is 12.0. The van der Waals surface area contributed by atoms with Crippen molar-refractivity contribution in [1.82, 2.24) is 4.98 Å². The third-order valence-electron chi connectivity index (χ3n) is 4.04. The molecular formula is C22H28FN3O2. The highest BCUT2D eigenvalue weighted by Crippen LogP contribution is 2.12. The van der Waals surface area contributed by atoms with E-state index in [9.17, 15) is 4.39 Å². The van der Waals surface area contributed by atoms with Crippen molar-refractivity contribution < 1.29 is 13.9 Å². The third-order valence-corrected chi connectivity index (χ3v) is 4.04. The predicted octanol–water partition coefficient (Wildman–Crippen LogP) is 2.99. The van der Waals surface area contributed by atoms with E-state index in [-0.39, 0.29) is 6.61 Å². The number of rotatable bonds is 10. The van der Waals surface area contributed by atoms with Gasteiger partial charge in [-0.05, 0) is 36.4 Å². The van der Waals surface area contributed by atoms with Gasteiger partial charge in [0.05, 0.1) is 26.4 Å². The van der Waals surface area contributed by atoms with E-state index in [0.29, 0.717) is 26.4 Å². The van der Waals surface area contributed by atoms with Crippen molar-refractivity contribution in [2.45, 2.75) is 0 Å². The summed E-state index contributed by atoms with van der Waals surface area (Å²) in [4.78, 5) is 8.53. The number of aromatic nitrogens is 1. The van der Waals surface area contributed by atoms with E-state index in [4.69, 9.17) is 9.47 Å². The average Bonchev–Trinajstić information content (AvgIpc) is 2.72. The molecule has 5 nitrogen and oxygen atoms in total. The molecule has 2 rings (SSSR count). The number of nitrogens with zero attached hydrogens (tertiary/aromatic N) is 3. The minimum absolute atomic E-state index is 0.129. The smallest absolute Gasteiger partial charge is 0.128 e. The Morgan fingerprint density at radius 2 is 1.50 bits per heavy atom. The first-order valence-corrected chi connectivity index (χ1v) is 9.28. The second-order valence-electron chi connectivity index (χ2n) is 6.43. The van der Waals surface area contributed by atoms with Gasteiger partial charge in [-0.1, -0.05) is 11.8 Å². The molecule has 0 radical (unpaired) electrons. The molecule has 0 aliphatic rings. The lowest BCUT2D eigenvalue weighted by atomic mass is 10.2. The Balaban J connectivity index is 1.79. The average molecular weight is 385 g/mol. The van der Waals surface area contributed by atoms with Gasteiger partial charge >= 0.3 is 0 Å². The van der Waals surface area contributed by atoms with Gasteiger partial charge in [0, 0.05) is 50.7 Å². The maximum absolute atomic E-state index is 11.9. The molecule has 150 valence electrons. The van der Waals surface area contributed by atoms with E-state index in [1.54, 1.807) is 6.20 Å². The number of halogens is 1. The zero-order valence-electron chi connectivity index (χ0n) is 16.8. The molecule has 0 aliphatic heterocycles. The van der Waals surface area contributed by atoms with Crippen LogP contribution in [0.25, 0.3) is 0 Å². The van der Waals surface area contributed by atoms with E-state index in [2.05, 4.69) is 33.9 Å². The second-order valence-corrected chi connectivity index (χ2v) is 6.43. The number of hydrogen-bond acceptors (Lipinski definition) is 5. The van der Waals surface area contributed by atoms with Crippen LogP contribution in [0.1, 0.15) is 11.1 Å². The minimum atomic E-state index is -0.461. The standard InChI is InChI=1S/C22H28FN3O2/c1-25(2)21-9-6-19(7-10-21)4-5-20-8-11-22(24-18-20)26(3)13-15-28-17-16-27-14-12-23/h6-11,18H,12-17H2,1-3H3. The molecule has 2 aromatic rings. The summed E-state index contributed by atoms with van der Waals surface area (Å²) in [6.07, 6.45) is 1.78. The van der Waals surface area contributed by atoms with Crippen LogP contribution in [-0.4, -0.2) is 65.8 Å². The van der Waals surface area contributed by atoms with Crippen molar-refractivity contribution in [2.75, 3.05) is 70.6 Å². The molecule has 0 atom stereocenters. The molecule has 0 spiro atoms. The van der Waals surface area contributed by atoms with Crippen LogP contribution in [0.4, 0.5) is 15.9 Å². The van der Waals surface area contributed by atoms with Crippen LogP contribution in [0, 0.1) is 11.8 Å². The summed E-state index contributed by atoms with van der Waals surface area (Å²) < 4.78 is 22.4. The lowest BCUT2D eigenvalue weighted by Gasteiger charge is -2.18. The van der Waals surface area contributed by atoms with Crippen LogP contribution < -0.4 is 9.80 Å². The first-order valence-electron chi connectivity index (χ1n) is 9.28. The maximum atomic E-state index is 11.9. The Kier molecular flexibility index (Phi) is 9.26. The van der Waals surface area contributed by atoms with E-state index < -0.39 is 6.67 Å². The molecule has 0 bridgehead atoms. The Morgan fingerprint density at radius 3 is 2.11 bits per heavy atom. The highest BCUT2D eigenvalue weighted by atomic mass is 19.1. The zero-order valence-corrected chi connectivity index (χ0v) is 16.8. The number of benzene rings is 1. The Labute approximate surface area is 167 Å². The maximum Gasteiger partial charge on any atom is 0.128 e. The molecule has 0 N–H and O–H groups in total. The first-order chi connectivity index (χ1) is 13.6. The number of likely N-dealkylation sites (N-methyl/N-ethyl adjacent to an activating group) is 1. The van der Waals surface area contributed by atoms with Crippen molar-refractivity contribution in [1.29, 1.82) is 0 Å². The molecule has 0 unspecified atom stereocenters. The van der Waals surface area contributed by atoms with Gasteiger partial charge in [-0.3, -0.25) is 0 Å². The van der Waals surface area contributed by atoms with E-state index in [1.165, 1.54) is 0 Å². The first kappa shape index (κ1) is 21.7. The molecule has 6 heteroatoms. The van der Waals surface area contributed by atoms with E-state index >= 15 is 0 Å². The van der Waals surface area contributed by atoms with Crippen molar-refractivity contribution in [3.63, 3.8) is 0 Å². The molecule has 0 saturated carbocycles. The van der Waals surface area contributed by atoms with Crippen LogP contribution in [-0.2, 0) is 9.47 Å². The molecule has 0 amide bonds. The van der Waals surface area contributed by atoms with Crippen LogP contribution in [0.15, 0.2) is 42.6 Å². The lowest BCUT2D eigenvalue weighted by molar-refractivity contribution is 0.0453. The SMILES string of the molecule is CN(C)c1ccc(C#Cc2ccc(N(C)CCOCCOCCF)nc2)cc1. The number of hydrogen-bond donors (Lipinski definition) is 0. The van der Waals surface area contributed by atoms with Gasteiger partial charge in [0.15, 0.2) is 0 Å². The molecule has 1 heterocycles. The van der Waals surface area contributed by atoms with Gasteiger partial charge in [-0.15, -0.1) is 0 Å². The van der Waals surface area contributed by atoms with Crippen LogP contribution in [0.2, 0.25) is 0 Å². The summed E-state index contributed by atoms with van der Waals surface area (Å²) >= 11 is 0. The van der Waals surface area contributed by atoms with Crippen molar-refractivity contribution in [3.05, 3.63) is 53.7 Å². The number of pyridine rings is 1. The molecule has 28 heavy (non-hydrogen) atoms. The fourth-order valence-corrected chi connectivity index (χ4v) is 2.37. The van der Waals surface area contributed by atoms with Gasteiger partial charge in [0.1, 0.15) is 12.5 Å². The van der Waals surface area contributed by atoms with E-state index in [0.717, 1.165) is 22.6 Å². The summed E-state index contributed by atoms with van der Waals surface area (Å²) in [5, 5.41) is 0. The van der Waals surface area contributed by atoms with Gasteiger partial charge in [0.2, 0.25) is 0 Å². The number of anilines is 2. The van der Waals surface area contributed by atoms with Crippen molar-refractivity contribution in [2.24, 2.45) is 0 Å². The van der Waals surface area contributed by atoms with Crippen LogP contribution >= 0.6 is 0 Å². The Hall–Kier alpha value is -2.62. The molecular weight excluding hydrogens is 357 g/mol. The molecule has 0 saturated heterocycles. The summed E-state index contributed by atoms with van der Waals surface area (Å²) in [7, 11) is 5.99. The number of ether oxygens (including phenoxy) is 2. The number of alkyl halides is 1. The fraction of sp³-hybridized carbons (Fsp3) is 0.409. The van der Waals surface area contributed by atoms with Gasteiger partial charge in [-0.25, -0.2) is 9.37 Å². The summed E-state index contributed by atoms with van der Waals surface area (Å²) in [5.41, 5.74) is 2.99. The summed E-state index contributed by atoms with van der Waals surface area (Å²) in [5.74, 6) is 7.16. The summed E-state index contributed by atoms with van der Waals surface area (Å²) in [6, 6.07) is 12.0. The summed E-state index contributed by atoms with van der Waals surface area (Å²) in [6.45, 7) is 1.81. The lowest BCUT2D eigenvalue weighted by Crippen LogP contribution is -2.24. The predicted molar refractivity (Wildman–Crippen MR) is 112 cm³/mol. The zero-order chi connectivity index (χ0) is 20.2. The molecule has 0 fully saturated rings. The normalized spacial score (nSPS) is 10.3. The van der Waals surface area contributed by atoms with Crippen molar-refractivity contribution >= 4 is 11.5 Å². The van der Waals surface area contributed by atoms with Gasteiger partial charge < -0.3 is 19.3 Å². The third kappa shape index (κ3) is 7.55. The van der Waals surface area contributed by atoms with Gasteiger partial charge in [0.25, 0.3) is 0 Å².